The lowest BCUT2D eigenvalue weighted by molar-refractivity contribution is 0.474. The molecule has 0 unspecified atom stereocenters. The Morgan fingerprint density at radius 3 is 2.11 bits per heavy atom. The summed E-state index contributed by atoms with van der Waals surface area (Å²) in [7, 11) is 0. The predicted molar refractivity (Wildman–Crippen MR) is 81.7 cm³/mol. The Kier molecular flexibility index (Phi) is 4.26. The molecule has 1 nitrogen and oxygen atoms in total. The van der Waals surface area contributed by atoms with E-state index in [0.717, 1.165) is 19.3 Å². The molecule has 0 aromatic heterocycles. The van der Waals surface area contributed by atoms with E-state index < -0.39 is 0 Å². The molecule has 0 saturated heterocycles. The third-order valence-electron chi connectivity index (χ3n) is 3.75. The molecular formula is C18H22O. The Morgan fingerprint density at radius 2 is 1.47 bits per heavy atom. The molecule has 1 heteroatoms. The van der Waals surface area contributed by atoms with Gasteiger partial charge in [-0.05, 0) is 59.2 Å². The molecule has 0 aliphatic rings. The number of phenols is 1. The largest absolute Gasteiger partial charge is 0.508 e. The molecule has 19 heavy (non-hydrogen) atoms. The predicted octanol–water partition coefficient (Wildman–Crippen LogP) is 4.75. The molecule has 0 aliphatic carbocycles. The van der Waals surface area contributed by atoms with Gasteiger partial charge in [0.2, 0.25) is 0 Å². The van der Waals surface area contributed by atoms with Crippen LogP contribution in [0.5, 0.6) is 5.75 Å². The minimum atomic E-state index is 0.370. The van der Waals surface area contributed by atoms with E-state index >= 15 is 0 Å². The van der Waals surface area contributed by atoms with E-state index in [4.69, 9.17) is 0 Å². The molecule has 0 saturated carbocycles. The summed E-state index contributed by atoms with van der Waals surface area (Å²) in [4.78, 5) is 0. The van der Waals surface area contributed by atoms with Crippen LogP contribution in [-0.2, 0) is 19.3 Å². The maximum Gasteiger partial charge on any atom is 0.116 e. The van der Waals surface area contributed by atoms with Gasteiger partial charge in [-0.3, -0.25) is 0 Å². The molecule has 0 amide bonds. The molecule has 0 aliphatic heterocycles. The summed E-state index contributed by atoms with van der Waals surface area (Å²) in [5.41, 5.74) is 6.40. The highest BCUT2D eigenvalue weighted by Gasteiger charge is 2.12. The zero-order valence-corrected chi connectivity index (χ0v) is 12.0. The molecule has 2 aromatic rings. The summed E-state index contributed by atoms with van der Waals surface area (Å²) in [6, 6.07) is 12.3. The van der Waals surface area contributed by atoms with Gasteiger partial charge in [0.15, 0.2) is 0 Å². The van der Waals surface area contributed by atoms with Gasteiger partial charge < -0.3 is 5.11 Å². The average Bonchev–Trinajstić information content (AvgIpc) is 2.46. The van der Waals surface area contributed by atoms with Gasteiger partial charge in [0.1, 0.15) is 5.75 Å². The van der Waals surface area contributed by atoms with Gasteiger partial charge in [0.25, 0.3) is 0 Å². The highest BCUT2D eigenvalue weighted by Crippen LogP contribution is 2.33. The summed E-state index contributed by atoms with van der Waals surface area (Å²) < 4.78 is 0. The fraction of sp³-hybridized carbons (Fsp3) is 0.333. The maximum absolute atomic E-state index is 9.97. The lowest BCUT2D eigenvalue weighted by Crippen LogP contribution is -1.97. The quantitative estimate of drug-likeness (QED) is 0.835. The van der Waals surface area contributed by atoms with E-state index in [1.165, 1.54) is 27.8 Å². The maximum atomic E-state index is 9.97. The minimum absolute atomic E-state index is 0.370. The van der Waals surface area contributed by atoms with Crippen LogP contribution in [0.2, 0.25) is 0 Å². The normalized spacial score (nSPS) is 10.7. The van der Waals surface area contributed by atoms with Crippen LogP contribution in [0.3, 0.4) is 0 Å². The second-order valence-electron chi connectivity index (χ2n) is 4.85. The topological polar surface area (TPSA) is 20.2 Å². The van der Waals surface area contributed by atoms with Crippen molar-refractivity contribution in [2.45, 2.75) is 40.0 Å². The number of hydrogen-bond acceptors (Lipinski definition) is 1. The fourth-order valence-corrected chi connectivity index (χ4v) is 2.78. The molecule has 0 bridgehead atoms. The van der Waals surface area contributed by atoms with Gasteiger partial charge in [-0.15, -0.1) is 0 Å². The number of phenolic OH excluding ortho intramolecular Hbond substituents is 1. The van der Waals surface area contributed by atoms with Crippen molar-refractivity contribution in [1.29, 1.82) is 0 Å². The third-order valence-corrected chi connectivity index (χ3v) is 3.75. The highest BCUT2D eigenvalue weighted by molar-refractivity contribution is 5.73. The summed E-state index contributed by atoms with van der Waals surface area (Å²) >= 11 is 0. The van der Waals surface area contributed by atoms with E-state index in [9.17, 15) is 5.11 Å². The number of hydrogen-bond donors (Lipinski definition) is 1. The first-order valence-corrected chi connectivity index (χ1v) is 7.14. The number of aromatic hydroxyl groups is 1. The van der Waals surface area contributed by atoms with E-state index in [0.29, 0.717) is 5.75 Å². The summed E-state index contributed by atoms with van der Waals surface area (Å²) in [6.07, 6.45) is 2.96. The van der Waals surface area contributed by atoms with E-state index in [1.54, 1.807) is 0 Å². The smallest absolute Gasteiger partial charge is 0.116 e. The number of rotatable bonds is 4. The van der Waals surface area contributed by atoms with E-state index in [2.05, 4.69) is 45.0 Å². The fourth-order valence-electron chi connectivity index (χ4n) is 2.78. The zero-order chi connectivity index (χ0) is 13.8. The van der Waals surface area contributed by atoms with Crippen molar-refractivity contribution in [2.24, 2.45) is 0 Å². The average molecular weight is 254 g/mol. The molecule has 0 heterocycles. The van der Waals surface area contributed by atoms with Crippen LogP contribution in [0.25, 0.3) is 11.1 Å². The van der Waals surface area contributed by atoms with Crippen LogP contribution in [0.15, 0.2) is 36.4 Å². The Labute approximate surface area is 115 Å². The van der Waals surface area contributed by atoms with Gasteiger partial charge in [-0.2, -0.15) is 0 Å². The van der Waals surface area contributed by atoms with Gasteiger partial charge in [0, 0.05) is 0 Å². The molecule has 0 spiro atoms. The van der Waals surface area contributed by atoms with E-state index in [-0.39, 0.29) is 0 Å². The monoisotopic (exact) mass is 254 g/mol. The van der Waals surface area contributed by atoms with Crippen molar-refractivity contribution in [3.05, 3.63) is 53.1 Å². The number of benzene rings is 2. The zero-order valence-electron chi connectivity index (χ0n) is 12.0. The Bertz CT molecular complexity index is 570. The van der Waals surface area contributed by atoms with Gasteiger partial charge >= 0.3 is 0 Å². The summed E-state index contributed by atoms with van der Waals surface area (Å²) in [5.74, 6) is 0.370. The van der Waals surface area contributed by atoms with Crippen LogP contribution < -0.4 is 0 Å². The lowest BCUT2D eigenvalue weighted by atomic mass is 9.89. The Hall–Kier alpha value is -1.76. The molecule has 0 atom stereocenters. The molecule has 2 aromatic carbocycles. The lowest BCUT2D eigenvalue weighted by Gasteiger charge is -2.16. The molecule has 100 valence electrons. The first kappa shape index (κ1) is 13.7. The first-order chi connectivity index (χ1) is 9.21. The summed E-state index contributed by atoms with van der Waals surface area (Å²) in [6.45, 7) is 6.50. The second-order valence-corrected chi connectivity index (χ2v) is 4.85. The summed E-state index contributed by atoms with van der Waals surface area (Å²) in [5, 5.41) is 9.97. The van der Waals surface area contributed by atoms with Crippen molar-refractivity contribution in [3.63, 3.8) is 0 Å². The van der Waals surface area contributed by atoms with Crippen molar-refractivity contribution in [1.82, 2.24) is 0 Å². The van der Waals surface area contributed by atoms with Crippen LogP contribution >= 0.6 is 0 Å². The SMILES string of the molecule is CCc1ccccc1-c1cc(O)cc(CC)c1CC. The van der Waals surface area contributed by atoms with E-state index in [1.807, 2.05) is 12.1 Å². The standard InChI is InChI=1S/C18H22O/c1-4-13-9-7-8-10-17(13)18-12-15(19)11-14(5-2)16(18)6-3/h7-12,19H,4-6H2,1-3H3. The highest BCUT2D eigenvalue weighted by atomic mass is 16.3. The molecule has 0 radical (unpaired) electrons. The second kappa shape index (κ2) is 5.92. The third kappa shape index (κ3) is 2.65. The molecular weight excluding hydrogens is 232 g/mol. The minimum Gasteiger partial charge on any atom is -0.508 e. The molecule has 2 rings (SSSR count). The van der Waals surface area contributed by atoms with Gasteiger partial charge in [-0.25, -0.2) is 0 Å². The Balaban J connectivity index is 2.70. The van der Waals surface area contributed by atoms with Gasteiger partial charge in [0.05, 0.1) is 0 Å². The van der Waals surface area contributed by atoms with Crippen molar-refractivity contribution >= 4 is 0 Å². The number of aryl methyl sites for hydroxylation is 2. The van der Waals surface area contributed by atoms with Gasteiger partial charge in [-0.1, -0.05) is 45.0 Å². The molecule has 1 N–H and O–H groups in total. The van der Waals surface area contributed by atoms with Crippen LogP contribution in [-0.4, -0.2) is 5.11 Å². The Morgan fingerprint density at radius 1 is 0.789 bits per heavy atom. The van der Waals surface area contributed by atoms with Crippen molar-refractivity contribution < 1.29 is 5.11 Å². The van der Waals surface area contributed by atoms with Crippen molar-refractivity contribution in [2.75, 3.05) is 0 Å². The van der Waals surface area contributed by atoms with Crippen molar-refractivity contribution in [3.8, 4) is 16.9 Å². The van der Waals surface area contributed by atoms with Crippen LogP contribution in [0.1, 0.15) is 37.5 Å². The first-order valence-electron chi connectivity index (χ1n) is 7.14. The van der Waals surface area contributed by atoms with Crippen LogP contribution in [0.4, 0.5) is 0 Å². The van der Waals surface area contributed by atoms with Crippen LogP contribution in [0, 0.1) is 0 Å². The molecule has 0 fully saturated rings.